The Hall–Kier alpha value is -2.93. The second kappa shape index (κ2) is 9.52. The summed E-state index contributed by atoms with van der Waals surface area (Å²) in [4.78, 5) is 27.1. The summed E-state index contributed by atoms with van der Waals surface area (Å²) in [5.41, 5.74) is 1.10. The number of para-hydroxylation sites is 2. The highest BCUT2D eigenvalue weighted by atomic mass is 19.1. The first kappa shape index (κ1) is 20.8. The number of hydrogen-bond donors (Lipinski definition) is 2. The largest absolute Gasteiger partial charge is 0.495 e. The van der Waals surface area contributed by atoms with Gasteiger partial charge in [-0.05, 0) is 63.2 Å². The number of benzene rings is 2. The van der Waals surface area contributed by atoms with E-state index in [1.165, 1.54) is 12.1 Å². The molecule has 0 saturated carbocycles. The molecule has 154 valence electrons. The molecular weight excluding hydrogens is 373 g/mol. The number of piperidine rings is 1. The van der Waals surface area contributed by atoms with Crippen LogP contribution in [0.25, 0.3) is 0 Å². The minimum Gasteiger partial charge on any atom is -0.495 e. The lowest BCUT2D eigenvalue weighted by Gasteiger charge is -2.34. The first-order valence-electron chi connectivity index (χ1n) is 9.72. The van der Waals surface area contributed by atoms with Crippen molar-refractivity contribution in [2.45, 2.75) is 25.8 Å². The van der Waals surface area contributed by atoms with Crippen LogP contribution in [-0.2, 0) is 9.59 Å². The van der Waals surface area contributed by atoms with Gasteiger partial charge in [-0.25, -0.2) is 4.39 Å². The number of nitrogens with one attached hydrogen (secondary N) is 2. The number of rotatable bonds is 6. The number of carbonyl (C=O) groups is 2. The fourth-order valence-corrected chi connectivity index (χ4v) is 3.51. The lowest BCUT2D eigenvalue weighted by atomic mass is 9.94. The van der Waals surface area contributed by atoms with E-state index in [0.29, 0.717) is 43.1 Å². The molecule has 2 amide bonds. The van der Waals surface area contributed by atoms with Crippen LogP contribution in [0.4, 0.5) is 15.8 Å². The molecule has 2 aromatic rings. The Kier molecular flexibility index (Phi) is 6.82. The highest BCUT2D eigenvalue weighted by Gasteiger charge is 2.30. The van der Waals surface area contributed by atoms with Crippen molar-refractivity contribution in [1.82, 2.24) is 4.90 Å². The molecule has 1 aliphatic heterocycles. The van der Waals surface area contributed by atoms with E-state index in [0.717, 1.165) is 0 Å². The van der Waals surface area contributed by atoms with E-state index in [4.69, 9.17) is 4.74 Å². The second-order valence-corrected chi connectivity index (χ2v) is 7.18. The van der Waals surface area contributed by atoms with Crippen LogP contribution in [0.3, 0.4) is 0 Å². The SMILES string of the molecule is COc1ccccc1NC(=O)C1CCN(C(C)C(=O)Nc2cccc(F)c2)CC1. The van der Waals surface area contributed by atoms with Crippen molar-refractivity contribution in [1.29, 1.82) is 0 Å². The molecule has 1 fully saturated rings. The molecule has 0 aromatic heterocycles. The number of ether oxygens (including phenoxy) is 1. The minimum absolute atomic E-state index is 0.0361. The van der Waals surface area contributed by atoms with Crippen LogP contribution < -0.4 is 15.4 Å². The zero-order valence-corrected chi connectivity index (χ0v) is 16.7. The van der Waals surface area contributed by atoms with Crippen LogP contribution >= 0.6 is 0 Å². The van der Waals surface area contributed by atoms with Gasteiger partial charge in [-0.2, -0.15) is 0 Å². The number of halogens is 1. The van der Waals surface area contributed by atoms with Crippen LogP contribution in [0, 0.1) is 11.7 Å². The number of carbonyl (C=O) groups excluding carboxylic acids is 2. The number of likely N-dealkylation sites (tertiary alicyclic amines) is 1. The molecule has 1 aliphatic rings. The predicted octanol–water partition coefficient (Wildman–Crippen LogP) is 3.51. The molecule has 0 radical (unpaired) electrons. The first-order chi connectivity index (χ1) is 14.0. The third kappa shape index (κ3) is 5.32. The number of anilines is 2. The fourth-order valence-electron chi connectivity index (χ4n) is 3.51. The lowest BCUT2D eigenvalue weighted by molar-refractivity contribution is -0.123. The average Bonchev–Trinajstić information content (AvgIpc) is 2.73. The van der Waals surface area contributed by atoms with E-state index in [-0.39, 0.29) is 23.8 Å². The first-order valence-corrected chi connectivity index (χ1v) is 9.72. The standard InChI is InChI=1S/C22H26FN3O3/c1-15(21(27)24-18-7-5-6-17(23)14-18)26-12-10-16(11-13-26)22(28)25-19-8-3-4-9-20(19)29-2/h3-9,14-16H,10-13H2,1-2H3,(H,24,27)(H,25,28). The Labute approximate surface area is 170 Å². The van der Waals surface area contributed by atoms with E-state index >= 15 is 0 Å². The number of amides is 2. The molecule has 0 spiro atoms. The zero-order chi connectivity index (χ0) is 20.8. The smallest absolute Gasteiger partial charge is 0.241 e. The highest BCUT2D eigenvalue weighted by Crippen LogP contribution is 2.26. The quantitative estimate of drug-likeness (QED) is 0.780. The Morgan fingerprint density at radius 1 is 1.10 bits per heavy atom. The minimum atomic E-state index is -0.391. The van der Waals surface area contributed by atoms with E-state index in [9.17, 15) is 14.0 Å². The summed E-state index contributed by atoms with van der Waals surface area (Å²) in [6.07, 6.45) is 1.33. The highest BCUT2D eigenvalue weighted by molar-refractivity contribution is 5.95. The molecule has 1 saturated heterocycles. The van der Waals surface area contributed by atoms with Crippen molar-refractivity contribution in [3.8, 4) is 5.75 Å². The van der Waals surface area contributed by atoms with Gasteiger partial charge >= 0.3 is 0 Å². The van der Waals surface area contributed by atoms with Gasteiger partial charge in [-0.3, -0.25) is 14.5 Å². The molecule has 2 aromatic carbocycles. The molecule has 1 unspecified atom stereocenters. The Bertz CT molecular complexity index is 866. The van der Waals surface area contributed by atoms with Crippen molar-refractivity contribution in [3.63, 3.8) is 0 Å². The summed E-state index contributed by atoms with van der Waals surface area (Å²) in [6.45, 7) is 3.10. The summed E-state index contributed by atoms with van der Waals surface area (Å²) < 4.78 is 18.6. The summed E-state index contributed by atoms with van der Waals surface area (Å²) >= 11 is 0. The van der Waals surface area contributed by atoms with Gasteiger partial charge < -0.3 is 15.4 Å². The number of hydrogen-bond acceptors (Lipinski definition) is 4. The number of nitrogens with zero attached hydrogens (tertiary/aromatic N) is 1. The van der Waals surface area contributed by atoms with Gasteiger partial charge in [0, 0.05) is 11.6 Å². The Morgan fingerprint density at radius 3 is 2.52 bits per heavy atom. The van der Waals surface area contributed by atoms with E-state index in [1.807, 2.05) is 30.0 Å². The van der Waals surface area contributed by atoms with Crippen molar-refractivity contribution in [2.24, 2.45) is 5.92 Å². The van der Waals surface area contributed by atoms with Gasteiger partial charge in [0.15, 0.2) is 0 Å². The van der Waals surface area contributed by atoms with Crippen LogP contribution in [0.2, 0.25) is 0 Å². The van der Waals surface area contributed by atoms with Crippen LogP contribution in [0.1, 0.15) is 19.8 Å². The third-order valence-corrected chi connectivity index (χ3v) is 5.28. The zero-order valence-electron chi connectivity index (χ0n) is 16.7. The molecule has 6 nitrogen and oxygen atoms in total. The molecule has 29 heavy (non-hydrogen) atoms. The molecule has 2 N–H and O–H groups in total. The van der Waals surface area contributed by atoms with Gasteiger partial charge in [0.05, 0.1) is 18.8 Å². The summed E-state index contributed by atoms with van der Waals surface area (Å²) in [7, 11) is 1.57. The van der Waals surface area contributed by atoms with Crippen molar-refractivity contribution < 1.29 is 18.7 Å². The fraction of sp³-hybridized carbons (Fsp3) is 0.364. The van der Waals surface area contributed by atoms with Crippen LogP contribution in [-0.4, -0.2) is 43.0 Å². The van der Waals surface area contributed by atoms with Crippen LogP contribution in [0.5, 0.6) is 5.75 Å². The average molecular weight is 399 g/mol. The molecule has 0 bridgehead atoms. The maximum absolute atomic E-state index is 13.3. The monoisotopic (exact) mass is 399 g/mol. The maximum Gasteiger partial charge on any atom is 0.241 e. The van der Waals surface area contributed by atoms with E-state index in [2.05, 4.69) is 10.6 Å². The van der Waals surface area contributed by atoms with E-state index in [1.54, 1.807) is 25.3 Å². The van der Waals surface area contributed by atoms with Gasteiger partial charge in [0.25, 0.3) is 0 Å². The van der Waals surface area contributed by atoms with Gasteiger partial charge in [0.2, 0.25) is 11.8 Å². The molecular formula is C22H26FN3O3. The number of methoxy groups -OCH3 is 1. The third-order valence-electron chi connectivity index (χ3n) is 5.28. The summed E-state index contributed by atoms with van der Waals surface area (Å²) in [6, 6.07) is 12.8. The van der Waals surface area contributed by atoms with Crippen molar-refractivity contribution in [3.05, 3.63) is 54.3 Å². The van der Waals surface area contributed by atoms with Gasteiger partial charge in [0.1, 0.15) is 11.6 Å². The van der Waals surface area contributed by atoms with Crippen molar-refractivity contribution >= 4 is 23.2 Å². The second-order valence-electron chi connectivity index (χ2n) is 7.18. The topological polar surface area (TPSA) is 70.7 Å². The normalized spacial score (nSPS) is 16.1. The lowest BCUT2D eigenvalue weighted by Crippen LogP contribution is -2.47. The Morgan fingerprint density at radius 2 is 1.83 bits per heavy atom. The molecule has 1 atom stereocenters. The van der Waals surface area contributed by atoms with E-state index < -0.39 is 5.82 Å². The summed E-state index contributed by atoms with van der Waals surface area (Å²) in [5.74, 6) is -0.105. The maximum atomic E-state index is 13.3. The van der Waals surface area contributed by atoms with Crippen molar-refractivity contribution in [2.75, 3.05) is 30.8 Å². The Balaban J connectivity index is 1.51. The molecule has 3 rings (SSSR count). The molecule has 0 aliphatic carbocycles. The van der Waals surface area contributed by atoms with Crippen LogP contribution in [0.15, 0.2) is 48.5 Å². The molecule has 1 heterocycles. The van der Waals surface area contributed by atoms with Gasteiger partial charge in [-0.1, -0.05) is 18.2 Å². The van der Waals surface area contributed by atoms with Gasteiger partial charge in [-0.15, -0.1) is 0 Å². The summed E-state index contributed by atoms with van der Waals surface area (Å²) in [5, 5.41) is 5.68. The molecule has 7 heteroatoms. The predicted molar refractivity (Wildman–Crippen MR) is 110 cm³/mol.